The van der Waals surface area contributed by atoms with Gasteiger partial charge in [0.1, 0.15) is 0 Å². The van der Waals surface area contributed by atoms with Crippen LogP contribution in [0, 0.1) is 0 Å². The lowest BCUT2D eigenvalue weighted by Gasteiger charge is -2.23. The highest BCUT2D eigenvalue weighted by Crippen LogP contribution is 2.29. The van der Waals surface area contributed by atoms with Crippen LogP contribution in [0.2, 0.25) is 0 Å². The molecule has 0 radical (unpaired) electrons. The van der Waals surface area contributed by atoms with Crippen molar-refractivity contribution in [2.75, 3.05) is 5.32 Å². The van der Waals surface area contributed by atoms with Gasteiger partial charge in [0.05, 0.1) is 23.2 Å². The van der Waals surface area contributed by atoms with Crippen molar-refractivity contribution >= 4 is 11.6 Å². The van der Waals surface area contributed by atoms with Crippen LogP contribution >= 0.6 is 0 Å². The minimum Gasteiger partial charge on any atom is -0.323 e. The van der Waals surface area contributed by atoms with Gasteiger partial charge in [-0.25, -0.2) is 4.98 Å². The Morgan fingerprint density at radius 3 is 2.75 bits per heavy atom. The molecule has 0 unspecified atom stereocenters. The molecule has 0 bridgehead atoms. The van der Waals surface area contributed by atoms with Gasteiger partial charge in [0, 0.05) is 12.4 Å². The quantitative estimate of drug-likeness (QED) is 0.897. The van der Waals surface area contributed by atoms with Crippen LogP contribution in [-0.4, -0.2) is 21.0 Å². The number of hydrogen-bond acceptors (Lipinski definition) is 3. The molecule has 3 N–H and O–H groups in total. The third kappa shape index (κ3) is 2.32. The molecule has 1 aliphatic rings. The molecule has 5 nitrogen and oxygen atoms in total. The summed E-state index contributed by atoms with van der Waals surface area (Å²) in [6, 6.07) is 7.65. The molecule has 3 rings (SSSR count). The lowest BCUT2D eigenvalue weighted by Crippen LogP contribution is -2.48. The second-order valence-corrected chi connectivity index (χ2v) is 5.30. The number of anilines is 1. The average Bonchev–Trinajstić information content (AvgIpc) is 3.11. The summed E-state index contributed by atoms with van der Waals surface area (Å²) in [6.45, 7) is 0. The number of para-hydroxylation sites is 2. The number of imidazole rings is 1. The van der Waals surface area contributed by atoms with E-state index in [0.717, 1.165) is 37.1 Å². The zero-order valence-corrected chi connectivity index (χ0v) is 11.2. The maximum Gasteiger partial charge on any atom is 0.244 e. The Morgan fingerprint density at radius 1 is 1.30 bits per heavy atom. The summed E-state index contributed by atoms with van der Waals surface area (Å²) in [5.41, 5.74) is 7.11. The third-order valence-electron chi connectivity index (χ3n) is 3.88. The van der Waals surface area contributed by atoms with E-state index < -0.39 is 5.54 Å². The molecule has 1 fully saturated rings. The largest absolute Gasteiger partial charge is 0.323 e. The van der Waals surface area contributed by atoms with Gasteiger partial charge >= 0.3 is 0 Å². The second-order valence-electron chi connectivity index (χ2n) is 5.30. The molecule has 1 aromatic carbocycles. The molecule has 0 spiro atoms. The minimum atomic E-state index is -0.720. The van der Waals surface area contributed by atoms with Gasteiger partial charge in [-0.05, 0) is 25.0 Å². The van der Waals surface area contributed by atoms with Crippen LogP contribution in [0.5, 0.6) is 0 Å². The lowest BCUT2D eigenvalue weighted by molar-refractivity contribution is -0.121. The number of amides is 1. The van der Waals surface area contributed by atoms with Gasteiger partial charge in [-0.15, -0.1) is 0 Å². The Morgan fingerprint density at radius 2 is 2.05 bits per heavy atom. The highest BCUT2D eigenvalue weighted by molar-refractivity contribution is 5.99. The van der Waals surface area contributed by atoms with Crippen LogP contribution in [0.25, 0.3) is 5.69 Å². The number of rotatable bonds is 3. The fraction of sp³-hybridized carbons (Fsp3) is 0.333. The Hall–Kier alpha value is -2.14. The first-order valence-electron chi connectivity index (χ1n) is 6.87. The molecule has 1 amide bonds. The van der Waals surface area contributed by atoms with Crippen molar-refractivity contribution in [3.8, 4) is 5.69 Å². The number of nitrogens with one attached hydrogen (secondary N) is 1. The van der Waals surface area contributed by atoms with E-state index in [2.05, 4.69) is 10.3 Å². The SMILES string of the molecule is NC1(C(=O)Nc2ccccc2-n2ccnc2)CCCC1. The van der Waals surface area contributed by atoms with E-state index in [0.29, 0.717) is 0 Å². The predicted molar refractivity (Wildman–Crippen MR) is 77.6 cm³/mol. The molecule has 5 heteroatoms. The summed E-state index contributed by atoms with van der Waals surface area (Å²) in [5.74, 6) is -0.0948. The molecule has 1 aliphatic carbocycles. The number of nitrogens with zero attached hydrogens (tertiary/aromatic N) is 2. The van der Waals surface area contributed by atoms with Crippen molar-refractivity contribution in [3.63, 3.8) is 0 Å². The summed E-state index contributed by atoms with van der Waals surface area (Å²) in [5, 5.41) is 2.97. The van der Waals surface area contributed by atoms with Gasteiger partial charge in [-0.3, -0.25) is 4.79 Å². The van der Waals surface area contributed by atoms with Crippen LogP contribution in [-0.2, 0) is 4.79 Å². The molecule has 104 valence electrons. The number of aromatic nitrogens is 2. The number of carbonyl (C=O) groups is 1. The molecule has 0 aliphatic heterocycles. The third-order valence-corrected chi connectivity index (χ3v) is 3.88. The first kappa shape index (κ1) is 12.9. The molecule has 1 saturated carbocycles. The van der Waals surface area contributed by atoms with E-state index in [-0.39, 0.29) is 5.91 Å². The zero-order valence-electron chi connectivity index (χ0n) is 11.2. The average molecular weight is 270 g/mol. The summed E-state index contributed by atoms with van der Waals surface area (Å²) in [6.07, 6.45) is 8.82. The van der Waals surface area contributed by atoms with Crippen molar-refractivity contribution < 1.29 is 4.79 Å². The Kier molecular flexibility index (Phi) is 3.28. The molecule has 1 heterocycles. The topological polar surface area (TPSA) is 72.9 Å². The van der Waals surface area contributed by atoms with Gasteiger partial charge in [-0.1, -0.05) is 25.0 Å². The van der Waals surface area contributed by atoms with Crippen LogP contribution in [0.15, 0.2) is 43.0 Å². The van der Waals surface area contributed by atoms with Crippen molar-refractivity contribution in [3.05, 3.63) is 43.0 Å². The lowest BCUT2D eigenvalue weighted by atomic mass is 9.98. The van der Waals surface area contributed by atoms with E-state index in [9.17, 15) is 4.79 Å². The molecular formula is C15H18N4O. The molecule has 20 heavy (non-hydrogen) atoms. The van der Waals surface area contributed by atoms with E-state index >= 15 is 0 Å². The van der Waals surface area contributed by atoms with Gasteiger partial charge in [0.15, 0.2) is 0 Å². The van der Waals surface area contributed by atoms with Gasteiger partial charge in [0.25, 0.3) is 0 Å². The maximum atomic E-state index is 12.4. The Bertz CT molecular complexity index is 600. The number of benzene rings is 1. The predicted octanol–water partition coefficient (Wildman–Crippen LogP) is 2.08. The Balaban J connectivity index is 1.86. The van der Waals surface area contributed by atoms with Gasteiger partial charge < -0.3 is 15.6 Å². The molecule has 0 saturated heterocycles. The first-order valence-corrected chi connectivity index (χ1v) is 6.87. The van der Waals surface area contributed by atoms with Crippen molar-refractivity contribution in [2.24, 2.45) is 5.73 Å². The van der Waals surface area contributed by atoms with Crippen molar-refractivity contribution in [1.29, 1.82) is 0 Å². The van der Waals surface area contributed by atoms with Crippen LogP contribution in [0.4, 0.5) is 5.69 Å². The van der Waals surface area contributed by atoms with Crippen LogP contribution in [0.3, 0.4) is 0 Å². The van der Waals surface area contributed by atoms with E-state index in [1.54, 1.807) is 12.5 Å². The number of hydrogen-bond donors (Lipinski definition) is 2. The summed E-state index contributed by atoms with van der Waals surface area (Å²) in [4.78, 5) is 16.4. The van der Waals surface area contributed by atoms with Gasteiger partial charge in [0.2, 0.25) is 5.91 Å². The standard InChI is InChI=1S/C15H18N4O/c16-15(7-3-4-8-15)14(20)18-12-5-1-2-6-13(12)19-10-9-17-11-19/h1-2,5-6,9-11H,3-4,7-8,16H2,(H,18,20). The van der Waals surface area contributed by atoms with Crippen LogP contribution in [0.1, 0.15) is 25.7 Å². The monoisotopic (exact) mass is 270 g/mol. The first-order chi connectivity index (χ1) is 9.69. The molecule has 2 aromatic rings. The molecular weight excluding hydrogens is 252 g/mol. The van der Waals surface area contributed by atoms with Crippen molar-refractivity contribution in [2.45, 2.75) is 31.2 Å². The van der Waals surface area contributed by atoms with E-state index in [1.165, 1.54) is 0 Å². The summed E-state index contributed by atoms with van der Waals surface area (Å²) >= 11 is 0. The van der Waals surface area contributed by atoms with E-state index in [4.69, 9.17) is 5.73 Å². The van der Waals surface area contributed by atoms with Crippen molar-refractivity contribution in [1.82, 2.24) is 9.55 Å². The highest BCUT2D eigenvalue weighted by Gasteiger charge is 2.37. The summed E-state index contributed by atoms with van der Waals surface area (Å²) < 4.78 is 1.87. The number of carbonyl (C=O) groups excluding carboxylic acids is 1. The van der Waals surface area contributed by atoms with Gasteiger partial charge in [-0.2, -0.15) is 0 Å². The van der Waals surface area contributed by atoms with Crippen LogP contribution < -0.4 is 11.1 Å². The normalized spacial score (nSPS) is 17.1. The Labute approximate surface area is 117 Å². The summed E-state index contributed by atoms with van der Waals surface area (Å²) in [7, 11) is 0. The maximum absolute atomic E-state index is 12.4. The van der Waals surface area contributed by atoms with E-state index in [1.807, 2.05) is 35.0 Å². The number of nitrogens with two attached hydrogens (primary N) is 1. The smallest absolute Gasteiger partial charge is 0.244 e. The fourth-order valence-electron chi connectivity index (χ4n) is 2.69. The molecule has 1 aromatic heterocycles. The zero-order chi connectivity index (χ0) is 14.0. The second kappa shape index (κ2) is 5.09. The minimum absolute atomic E-state index is 0.0948. The highest BCUT2D eigenvalue weighted by atomic mass is 16.2. The fourth-order valence-corrected chi connectivity index (χ4v) is 2.69. The molecule has 0 atom stereocenters.